The lowest BCUT2D eigenvalue weighted by molar-refractivity contribution is 1.10. The van der Waals surface area contributed by atoms with Crippen molar-refractivity contribution in [2.24, 2.45) is 10.2 Å². The molecule has 0 fully saturated rings. The van der Waals surface area contributed by atoms with Crippen LogP contribution < -0.4 is 11.5 Å². The first-order chi connectivity index (χ1) is 12.1. The van der Waals surface area contributed by atoms with E-state index >= 15 is 0 Å². The smallest absolute Gasteiger partial charge is 0.183 e. The number of hydrogen-bond donors (Lipinski definition) is 2. The fourth-order valence-electron chi connectivity index (χ4n) is 1.91. The van der Waals surface area contributed by atoms with Gasteiger partial charge in [-0.05, 0) is 18.2 Å². The van der Waals surface area contributed by atoms with Crippen molar-refractivity contribution in [3.8, 4) is 17.6 Å². The number of nitrogen functional groups attached to an aromatic ring is 2. The summed E-state index contributed by atoms with van der Waals surface area (Å²) in [4.78, 5) is 16.3. The minimum Gasteiger partial charge on any atom is -0.382 e. The molecule has 2 heterocycles. The Morgan fingerprint density at radius 2 is 1.84 bits per heavy atom. The Bertz CT molecular complexity index is 973. The van der Waals surface area contributed by atoms with Crippen molar-refractivity contribution >= 4 is 34.6 Å². The molecule has 0 radical (unpaired) electrons. The summed E-state index contributed by atoms with van der Waals surface area (Å²) in [7, 11) is 0. The molecule has 122 valence electrons. The molecule has 0 aliphatic heterocycles. The van der Waals surface area contributed by atoms with Gasteiger partial charge in [0.15, 0.2) is 23.1 Å². The van der Waals surface area contributed by atoms with E-state index < -0.39 is 0 Å². The summed E-state index contributed by atoms with van der Waals surface area (Å²) >= 11 is 5.84. The first kappa shape index (κ1) is 16.2. The van der Waals surface area contributed by atoms with Crippen molar-refractivity contribution in [3.05, 3.63) is 47.4 Å². The van der Waals surface area contributed by atoms with Crippen LogP contribution in [-0.2, 0) is 0 Å². The predicted octanol–water partition coefficient (Wildman–Crippen LogP) is 3.04. The normalized spacial score (nSPS) is 10.7. The van der Waals surface area contributed by atoms with Gasteiger partial charge >= 0.3 is 0 Å². The number of halogens is 1. The minimum atomic E-state index is 0.0318. The van der Waals surface area contributed by atoms with Gasteiger partial charge in [-0.1, -0.05) is 11.6 Å². The molecule has 3 rings (SSSR count). The average molecular weight is 352 g/mol. The number of benzene rings is 1. The standard InChI is InChI=1S/C15H10ClN9/c16-9-1-2-10(8(5-9)6-17)24-25-12-13(18)22-15(23-14(12)19)11-7-20-3-4-21-11/h1-5,7H,(H4,18,19,22,23). The Balaban J connectivity index is 1.98. The molecule has 0 saturated carbocycles. The third-order valence-corrected chi connectivity index (χ3v) is 3.30. The quantitative estimate of drug-likeness (QED) is 0.687. The summed E-state index contributed by atoms with van der Waals surface area (Å²) in [6.45, 7) is 0. The van der Waals surface area contributed by atoms with E-state index in [9.17, 15) is 0 Å². The molecular formula is C15H10ClN9. The van der Waals surface area contributed by atoms with Crippen LogP contribution in [0.5, 0.6) is 0 Å². The zero-order chi connectivity index (χ0) is 17.8. The third-order valence-electron chi connectivity index (χ3n) is 3.07. The first-order valence-corrected chi connectivity index (χ1v) is 7.27. The molecule has 10 heteroatoms. The predicted molar refractivity (Wildman–Crippen MR) is 92.2 cm³/mol. The monoisotopic (exact) mass is 351 g/mol. The third kappa shape index (κ3) is 3.49. The van der Waals surface area contributed by atoms with Gasteiger partial charge in [0.25, 0.3) is 0 Å². The van der Waals surface area contributed by atoms with Crippen LogP contribution in [0.15, 0.2) is 47.0 Å². The summed E-state index contributed by atoms with van der Waals surface area (Å²) in [5, 5.41) is 17.5. The second kappa shape index (κ2) is 6.86. The highest BCUT2D eigenvalue weighted by Crippen LogP contribution is 2.31. The zero-order valence-electron chi connectivity index (χ0n) is 12.6. The van der Waals surface area contributed by atoms with Gasteiger partial charge in [0, 0.05) is 17.4 Å². The van der Waals surface area contributed by atoms with E-state index in [0.29, 0.717) is 16.4 Å². The Morgan fingerprint density at radius 3 is 2.48 bits per heavy atom. The highest BCUT2D eigenvalue weighted by atomic mass is 35.5. The number of anilines is 2. The van der Waals surface area contributed by atoms with Crippen LogP contribution in [0.1, 0.15) is 5.56 Å². The Labute approximate surface area is 147 Å². The van der Waals surface area contributed by atoms with Gasteiger partial charge in [-0.25, -0.2) is 15.0 Å². The SMILES string of the molecule is N#Cc1cc(Cl)ccc1N=Nc1c(N)nc(-c2cnccn2)nc1N. The fourth-order valence-corrected chi connectivity index (χ4v) is 2.08. The summed E-state index contributed by atoms with van der Waals surface area (Å²) < 4.78 is 0. The molecule has 2 aromatic heterocycles. The van der Waals surface area contributed by atoms with E-state index in [2.05, 4.69) is 30.2 Å². The fraction of sp³-hybridized carbons (Fsp3) is 0. The summed E-state index contributed by atoms with van der Waals surface area (Å²) in [6.07, 6.45) is 4.52. The number of azo groups is 1. The number of rotatable bonds is 3. The van der Waals surface area contributed by atoms with Gasteiger partial charge < -0.3 is 11.5 Å². The molecule has 0 atom stereocenters. The van der Waals surface area contributed by atoms with Crippen LogP contribution >= 0.6 is 11.6 Å². The van der Waals surface area contributed by atoms with Gasteiger partial charge in [-0.2, -0.15) is 5.26 Å². The first-order valence-electron chi connectivity index (χ1n) is 6.89. The molecule has 1 aromatic carbocycles. The van der Waals surface area contributed by atoms with Crippen molar-refractivity contribution in [2.75, 3.05) is 11.5 Å². The summed E-state index contributed by atoms with van der Waals surface area (Å²) in [5.74, 6) is 0.292. The molecule has 0 bridgehead atoms. The summed E-state index contributed by atoms with van der Waals surface area (Å²) in [5.41, 5.74) is 12.9. The van der Waals surface area contributed by atoms with Crippen LogP contribution in [0, 0.1) is 11.3 Å². The van der Waals surface area contributed by atoms with E-state index in [1.807, 2.05) is 6.07 Å². The van der Waals surface area contributed by atoms with E-state index in [1.165, 1.54) is 24.7 Å². The largest absolute Gasteiger partial charge is 0.382 e. The lowest BCUT2D eigenvalue weighted by Crippen LogP contribution is -2.02. The van der Waals surface area contributed by atoms with E-state index in [-0.39, 0.29) is 28.7 Å². The lowest BCUT2D eigenvalue weighted by Gasteiger charge is -2.05. The van der Waals surface area contributed by atoms with Gasteiger partial charge in [0.05, 0.1) is 11.8 Å². The van der Waals surface area contributed by atoms with Crippen LogP contribution in [0.25, 0.3) is 11.5 Å². The Kier molecular flexibility index (Phi) is 4.45. The van der Waals surface area contributed by atoms with Gasteiger partial charge in [-0.3, -0.25) is 4.98 Å². The lowest BCUT2D eigenvalue weighted by atomic mass is 10.2. The highest BCUT2D eigenvalue weighted by molar-refractivity contribution is 6.30. The Morgan fingerprint density at radius 1 is 1.08 bits per heavy atom. The molecule has 25 heavy (non-hydrogen) atoms. The molecule has 0 spiro atoms. The number of nitrogens with two attached hydrogens (primary N) is 2. The van der Waals surface area contributed by atoms with E-state index in [4.69, 9.17) is 28.3 Å². The van der Waals surface area contributed by atoms with Crippen molar-refractivity contribution in [1.82, 2.24) is 19.9 Å². The number of aromatic nitrogens is 4. The number of nitrogens with zero attached hydrogens (tertiary/aromatic N) is 7. The zero-order valence-corrected chi connectivity index (χ0v) is 13.4. The van der Waals surface area contributed by atoms with Gasteiger partial charge in [0.2, 0.25) is 0 Å². The molecule has 0 amide bonds. The van der Waals surface area contributed by atoms with Crippen LogP contribution in [0.4, 0.5) is 23.0 Å². The van der Waals surface area contributed by atoms with Gasteiger partial charge in [0.1, 0.15) is 17.5 Å². The highest BCUT2D eigenvalue weighted by Gasteiger charge is 2.12. The molecule has 9 nitrogen and oxygen atoms in total. The van der Waals surface area contributed by atoms with Crippen LogP contribution in [-0.4, -0.2) is 19.9 Å². The summed E-state index contributed by atoms with van der Waals surface area (Å²) in [6, 6.07) is 6.62. The second-order valence-corrected chi connectivity index (χ2v) is 5.17. The molecule has 3 aromatic rings. The molecule has 0 aliphatic rings. The maximum Gasteiger partial charge on any atom is 0.183 e. The van der Waals surface area contributed by atoms with Crippen LogP contribution in [0.2, 0.25) is 5.02 Å². The van der Waals surface area contributed by atoms with Crippen molar-refractivity contribution < 1.29 is 0 Å². The maximum atomic E-state index is 9.11. The second-order valence-electron chi connectivity index (χ2n) is 4.73. The van der Waals surface area contributed by atoms with Crippen molar-refractivity contribution in [1.29, 1.82) is 5.26 Å². The number of nitriles is 1. The molecule has 0 aliphatic carbocycles. The molecular weight excluding hydrogens is 342 g/mol. The molecule has 4 N–H and O–H groups in total. The number of hydrogen-bond acceptors (Lipinski definition) is 9. The topological polar surface area (TPSA) is 152 Å². The van der Waals surface area contributed by atoms with E-state index in [1.54, 1.807) is 12.1 Å². The Hall–Kier alpha value is -3.64. The van der Waals surface area contributed by atoms with E-state index in [0.717, 1.165) is 0 Å². The van der Waals surface area contributed by atoms with Crippen LogP contribution in [0.3, 0.4) is 0 Å². The minimum absolute atomic E-state index is 0.0318. The maximum absolute atomic E-state index is 9.11. The molecule has 0 unspecified atom stereocenters. The van der Waals surface area contributed by atoms with Gasteiger partial charge in [-0.15, -0.1) is 10.2 Å². The average Bonchev–Trinajstić information content (AvgIpc) is 2.62. The van der Waals surface area contributed by atoms with Crippen molar-refractivity contribution in [2.45, 2.75) is 0 Å². The van der Waals surface area contributed by atoms with Crippen molar-refractivity contribution in [3.63, 3.8) is 0 Å². The molecule has 0 saturated heterocycles.